The predicted octanol–water partition coefficient (Wildman–Crippen LogP) is 0.777. The van der Waals surface area contributed by atoms with E-state index in [1.165, 1.54) is 17.5 Å². The summed E-state index contributed by atoms with van der Waals surface area (Å²) < 4.78 is 0. The number of fused-ring (bicyclic) bond motifs is 1. The first kappa shape index (κ1) is 13.8. The maximum atomic E-state index is 12.1. The minimum Gasteiger partial charge on any atom is -0.507 e. The first-order valence-electron chi connectivity index (χ1n) is 6.43. The van der Waals surface area contributed by atoms with Crippen LogP contribution in [-0.4, -0.2) is 39.5 Å². The Balaban J connectivity index is 1.80. The summed E-state index contributed by atoms with van der Waals surface area (Å²) in [4.78, 5) is 33.2. The van der Waals surface area contributed by atoms with Crippen LogP contribution in [0.1, 0.15) is 20.9 Å². The SMILES string of the molecule is CN1CCc2nc(NC(=O)c3c[nH]c(=O)cc3O)sc2C1. The second kappa shape index (κ2) is 5.30. The van der Waals surface area contributed by atoms with Gasteiger partial charge < -0.3 is 15.0 Å². The number of pyridine rings is 1. The summed E-state index contributed by atoms with van der Waals surface area (Å²) >= 11 is 1.43. The number of carbonyl (C=O) groups excluding carboxylic acids is 1. The summed E-state index contributed by atoms with van der Waals surface area (Å²) in [6.45, 7) is 1.78. The van der Waals surface area contributed by atoms with E-state index in [0.29, 0.717) is 5.13 Å². The standard InChI is InChI=1S/C13H14N4O3S/c1-17-3-2-8-10(6-17)21-13(15-8)16-12(20)7-5-14-11(19)4-9(7)18/h4-5H,2-3,6H2,1H3,(H2,14,18,19)(H,15,16,20). The highest BCUT2D eigenvalue weighted by atomic mass is 32.1. The molecule has 21 heavy (non-hydrogen) atoms. The molecule has 0 bridgehead atoms. The predicted molar refractivity (Wildman–Crippen MR) is 78.8 cm³/mol. The average Bonchev–Trinajstić information content (AvgIpc) is 2.79. The van der Waals surface area contributed by atoms with Gasteiger partial charge in [0.2, 0.25) is 0 Å². The number of anilines is 1. The summed E-state index contributed by atoms with van der Waals surface area (Å²) in [5, 5.41) is 12.8. The van der Waals surface area contributed by atoms with E-state index in [9.17, 15) is 14.7 Å². The number of aromatic amines is 1. The number of carbonyl (C=O) groups is 1. The van der Waals surface area contributed by atoms with Crippen LogP contribution < -0.4 is 10.9 Å². The highest BCUT2D eigenvalue weighted by Crippen LogP contribution is 2.28. The first-order valence-corrected chi connectivity index (χ1v) is 7.25. The third-order valence-corrected chi connectivity index (χ3v) is 4.29. The number of rotatable bonds is 2. The van der Waals surface area contributed by atoms with Crippen LogP contribution in [0, 0.1) is 0 Å². The lowest BCUT2D eigenvalue weighted by Gasteiger charge is -2.20. The van der Waals surface area contributed by atoms with Gasteiger partial charge in [-0.05, 0) is 7.05 Å². The Labute approximate surface area is 124 Å². The number of H-pyrrole nitrogens is 1. The average molecular weight is 306 g/mol. The zero-order chi connectivity index (χ0) is 15.0. The van der Waals surface area contributed by atoms with Gasteiger partial charge >= 0.3 is 0 Å². The molecular formula is C13H14N4O3S. The van der Waals surface area contributed by atoms with Crippen LogP contribution in [0.15, 0.2) is 17.1 Å². The highest BCUT2D eigenvalue weighted by molar-refractivity contribution is 7.15. The Morgan fingerprint density at radius 1 is 1.57 bits per heavy atom. The summed E-state index contributed by atoms with van der Waals surface area (Å²) in [5.41, 5.74) is 0.566. The molecule has 0 saturated carbocycles. The number of likely N-dealkylation sites (N-methyl/N-ethyl adjacent to an activating group) is 1. The molecule has 3 heterocycles. The molecule has 1 amide bonds. The van der Waals surface area contributed by atoms with Gasteiger partial charge in [0.15, 0.2) is 5.13 Å². The second-order valence-electron chi connectivity index (χ2n) is 4.93. The molecule has 1 aliphatic heterocycles. The van der Waals surface area contributed by atoms with Crippen molar-refractivity contribution in [1.29, 1.82) is 0 Å². The van der Waals surface area contributed by atoms with E-state index in [1.807, 2.05) is 7.05 Å². The van der Waals surface area contributed by atoms with Crippen LogP contribution in [0.3, 0.4) is 0 Å². The third kappa shape index (κ3) is 2.81. The zero-order valence-corrected chi connectivity index (χ0v) is 12.2. The van der Waals surface area contributed by atoms with Crippen LogP contribution in [0.5, 0.6) is 5.75 Å². The molecule has 0 unspecified atom stereocenters. The number of thiazole rings is 1. The number of hydrogen-bond donors (Lipinski definition) is 3. The monoisotopic (exact) mass is 306 g/mol. The molecule has 0 radical (unpaired) electrons. The Bertz CT molecular complexity index is 752. The molecule has 110 valence electrons. The topological polar surface area (TPSA) is 98.3 Å². The number of amides is 1. The van der Waals surface area contributed by atoms with Crippen molar-refractivity contribution < 1.29 is 9.90 Å². The van der Waals surface area contributed by atoms with Gasteiger partial charge in [0.25, 0.3) is 11.5 Å². The van der Waals surface area contributed by atoms with Crippen LogP contribution in [-0.2, 0) is 13.0 Å². The fourth-order valence-electron chi connectivity index (χ4n) is 2.18. The summed E-state index contributed by atoms with van der Waals surface area (Å²) in [6, 6.07) is 0.969. The molecule has 0 atom stereocenters. The minimum atomic E-state index is -0.497. The van der Waals surface area contributed by atoms with Crippen molar-refractivity contribution in [2.75, 3.05) is 18.9 Å². The van der Waals surface area contributed by atoms with Crippen LogP contribution in [0.2, 0.25) is 0 Å². The lowest BCUT2D eigenvalue weighted by Crippen LogP contribution is -2.25. The van der Waals surface area contributed by atoms with E-state index in [1.54, 1.807) is 0 Å². The number of nitrogens with one attached hydrogen (secondary N) is 2. The van der Waals surface area contributed by atoms with E-state index < -0.39 is 11.5 Å². The van der Waals surface area contributed by atoms with Crippen molar-refractivity contribution in [2.45, 2.75) is 13.0 Å². The number of hydrogen-bond acceptors (Lipinski definition) is 6. The maximum Gasteiger partial charge on any atom is 0.262 e. The van der Waals surface area contributed by atoms with Crippen molar-refractivity contribution >= 4 is 22.4 Å². The summed E-state index contributed by atoms with van der Waals surface area (Å²) in [5.74, 6) is -0.847. The van der Waals surface area contributed by atoms with Crippen LogP contribution >= 0.6 is 11.3 Å². The minimum absolute atomic E-state index is 0.0138. The first-order chi connectivity index (χ1) is 10.0. The molecule has 0 saturated heterocycles. The van der Waals surface area contributed by atoms with Crippen molar-refractivity contribution in [3.63, 3.8) is 0 Å². The molecule has 0 spiro atoms. The summed E-state index contributed by atoms with van der Waals surface area (Å²) in [7, 11) is 2.04. The fraction of sp³-hybridized carbons (Fsp3) is 0.308. The molecule has 8 heteroatoms. The number of aromatic hydroxyl groups is 1. The van der Waals surface area contributed by atoms with E-state index >= 15 is 0 Å². The molecule has 3 N–H and O–H groups in total. The van der Waals surface area contributed by atoms with Crippen molar-refractivity contribution in [1.82, 2.24) is 14.9 Å². The van der Waals surface area contributed by atoms with E-state index in [0.717, 1.165) is 36.1 Å². The Hall–Kier alpha value is -2.19. The zero-order valence-electron chi connectivity index (χ0n) is 11.3. The van der Waals surface area contributed by atoms with Gasteiger partial charge in [0.1, 0.15) is 5.75 Å². The van der Waals surface area contributed by atoms with Crippen LogP contribution in [0.4, 0.5) is 5.13 Å². The molecule has 0 aromatic carbocycles. The quantitative estimate of drug-likeness (QED) is 0.761. The van der Waals surface area contributed by atoms with Gasteiger partial charge in [0, 0.05) is 36.7 Å². The Morgan fingerprint density at radius 3 is 3.14 bits per heavy atom. The van der Waals surface area contributed by atoms with Crippen molar-refractivity contribution in [3.05, 3.63) is 38.8 Å². The summed E-state index contributed by atoms with van der Waals surface area (Å²) in [6.07, 6.45) is 2.05. The van der Waals surface area contributed by atoms with E-state index in [4.69, 9.17) is 0 Å². The molecular weight excluding hydrogens is 292 g/mol. The molecule has 0 aliphatic carbocycles. The molecule has 2 aromatic heterocycles. The number of nitrogens with zero attached hydrogens (tertiary/aromatic N) is 2. The largest absolute Gasteiger partial charge is 0.507 e. The maximum absolute atomic E-state index is 12.1. The molecule has 3 rings (SSSR count). The van der Waals surface area contributed by atoms with Gasteiger partial charge in [-0.15, -0.1) is 11.3 Å². The molecule has 7 nitrogen and oxygen atoms in total. The van der Waals surface area contributed by atoms with E-state index in [2.05, 4.69) is 20.2 Å². The van der Waals surface area contributed by atoms with Gasteiger partial charge in [-0.25, -0.2) is 4.98 Å². The highest BCUT2D eigenvalue weighted by Gasteiger charge is 2.20. The molecule has 2 aromatic rings. The third-order valence-electron chi connectivity index (χ3n) is 3.29. The smallest absolute Gasteiger partial charge is 0.262 e. The van der Waals surface area contributed by atoms with E-state index in [-0.39, 0.29) is 11.3 Å². The second-order valence-corrected chi connectivity index (χ2v) is 6.01. The van der Waals surface area contributed by atoms with Gasteiger partial charge in [0.05, 0.1) is 11.3 Å². The Kier molecular flexibility index (Phi) is 3.48. The normalized spacial score (nSPS) is 14.7. The lowest BCUT2D eigenvalue weighted by atomic mass is 10.2. The van der Waals surface area contributed by atoms with Crippen molar-refractivity contribution in [2.24, 2.45) is 0 Å². The van der Waals surface area contributed by atoms with Gasteiger partial charge in [-0.2, -0.15) is 0 Å². The fourth-order valence-corrected chi connectivity index (χ4v) is 3.27. The molecule has 1 aliphatic rings. The van der Waals surface area contributed by atoms with Crippen LogP contribution in [0.25, 0.3) is 0 Å². The lowest BCUT2D eigenvalue weighted by molar-refractivity contribution is 0.102. The Morgan fingerprint density at radius 2 is 2.38 bits per heavy atom. The van der Waals surface area contributed by atoms with Crippen molar-refractivity contribution in [3.8, 4) is 5.75 Å². The molecule has 0 fully saturated rings. The van der Waals surface area contributed by atoms with Gasteiger partial charge in [-0.3, -0.25) is 14.9 Å². The van der Waals surface area contributed by atoms with Gasteiger partial charge in [-0.1, -0.05) is 0 Å². The number of aromatic nitrogens is 2.